The zero-order valence-electron chi connectivity index (χ0n) is 6.97. The lowest BCUT2D eigenvalue weighted by Gasteiger charge is -2.00. The molecule has 0 fully saturated rings. The minimum Gasteiger partial charge on any atom is -0.303 e. The molecule has 0 atom stereocenters. The van der Waals surface area contributed by atoms with Gasteiger partial charge in [0.2, 0.25) is 0 Å². The second-order valence-electron chi connectivity index (χ2n) is 2.59. The maximum absolute atomic E-state index is 7.62. The number of hydrogen-bond acceptors (Lipinski definition) is 2. The molecule has 0 spiro atoms. The van der Waals surface area contributed by atoms with Crippen LogP contribution in [0.4, 0.5) is 0 Å². The Kier molecular flexibility index (Phi) is 3.41. The van der Waals surface area contributed by atoms with Crippen LogP contribution >= 0.6 is 15.9 Å². The second kappa shape index (κ2) is 4.36. The molecule has 0 bridgehead atoms. The fraction of sp³-hybridized carbons (Fsp3) is 0.333. The maximum Gasteiger partial charge on any atom is 0.0838 e. The summed E-state index contributed by atoms with van der Waals surface area (Å²) >= 11 is 3.30. The van der Waals surface area contributed by atoms with Crippen molar-refractivity contribution in [2.24, 2.45) is 0 Å². The quantitative estimate of drug-likeness (QED) is 0.791. The Morgan fingerprint density at radius 3 is 2.83 bits per heavy atom. The molecule has 1 heterocycles. The average Bonchev–Trinajstić information content (AvgIpc) is 2.06. The molecule has 0 saturated heterocycles. The van der Waals surface area contributed by atoms with Gasteiger partial charge < -0.3 is 5.41 Å². The van der Waals surface area contributed by atoms with Gasteiger partial charge in [0.25, 0.3) is 0 Å². The molecule has 0 unspecified atom stereocenters. The van der Waals surface area contributed by atoms with Crippen LogP contribution in [-0.2, 0) is 0 Å². The topological polar surface area (TPSA) is 36.7 Å². The Morgan fingerprint density at radius 1 is 1.58 bits per heavy atom. The van der Waals surface area contributed by atoms with Crippen molar-refractivity contribution < 1.29 is 0 Å². The van der Waals surface area contributed by atoms with Gasteiger partial charge in [-0.25, -0.2) is 0 Å². The van der Waals surface area contributed by atoms with E-state index in [-0.39, 0.29) is 0 Å². The number of pyridine rings is 1. The van der Waals surface area contributed by atoms with Crippen molar-refractivity contribution >= 4 is 21.6 Å². The lowest BCUT2D eigenvalue weighted by Crippen LogP contribution is -2.00. The van der Waals surface area contributed by atoms with E-state index in [1.54, 1.807) is 6.20 Å². The van der Waals surface area contributed by atoms with Crippen molar-refractivity contribution in [1.82, 2.24) is 4.98 Å². The van der Waals surface area contributed by atoms with E-state index in [9.17, 15) is 0 Å². The summed E-state index contributed by atoms with van der Waals surface area (Å²) in [6.07, 6.45) is 3.52. The average molecular weight is 227 g/mol. The lowest BCUT2D eigenvalue weighted by atomic mass is 10.1. The fourth-order valence-electron chi connectivity index (χ4n) is 0.932. The molecule has 0 radical (unpaired) electrons. The summed E-state index contributed by atoms with van der Waals surface area (Å²) in [5, 5.41) is 7.62. The number of rotatable bonds is 3. The normalized spacial score (nSPS) is 9.83. The van der Waals surface area contributed by atoms with Crippen LogP contribution in [0.5, 0.6) is 0 Å². The van der Waals surface area contributed by atoms with Crippen LogP contribution < -0.4 is 0 Å². The highest BCUT2D eigenvalue weighted by Crippen LogP contribution is 2.09. The Hall–Kier alpha value is -0.700. The summed E-state index contributed by atoms with van der Waals surface area (Å²) in [5.74, 6) is 0. The summed E-state index contributed by atoms with van der Waals surface area (Å²) < 4.78 is 0.954. The van der Waals surface area contributed by atoms with Gasteiger partial charge >= 0.3 is 0 Å². The predicted octanol–water partition coefficient (Wildman–Crippen LogP) is 3.01. The number of nitrogens with one attached hydrogen (secondary N) is 1. The minimum absolute atomic E-state index is 0.616. The third-order valence-electron chi connectivity index (χ3n) is 1.54. The van der Waals surface area contributed by atoms with Crippen molar-refractivity contribution in [3.63, 3.8) is 0 Å². The van der Waals surface area contributed by atoms with Crippen LogP contribution in [0.25, 0.3) is 0 Å². The van der Waals surface area contributed by atoms with E-state index >= 15 is 0 Å². The Bertz CT molecular complexity index is 266. The summed E-state index contributed by atoms with van der Waals surface area (Å²) in [7, 11) is 0. The molecule has 0 aliphatic rings. The van der Waals surface area contributed by atoms with Gasteiger partial charge in [0.15, 0.2) is 0 Å². The zero-order chi connectivity index (χ0) is 8.97. The highest BCUT2D eigenvalue weighted by molar-refractivity contribution is 9.10. The van der Waals surface area contributed by atoms with E-state index in [0.29, 0.717) is 5.71 Å². The van der Waals surface area contributed by atoms with Gasteiger partial charge in [0.1, 0.15) is 0 Å². The zero-order valence-corrected chi connectivity index (χ0v) is 8.56. The molecular weight excluding hydrogens is 216 g/mol. The molecule has 1 aromatic heterocycles. The molecular formula is C9H11BrN2. The lowest BCUT2D eigenvalue weighted by molar-refractivity contribution is 0.979. The minimum atomic E-state index is 0.616. The molecule has 3 heteroatoms. The van der Waals surface area contributed by atoms with E-state index in [4.69, 9.17) is 5.41 Å². The summed E-state index contributed by atoms with van der Waals surface area (Å²) in [5.41, 5.74) is 1.39. The van der Waals surface area contributed by atoms with Crippen LogP contribution in [0.3, 0.4) is 0 Å². The fourth-order valence-corrected chi connectivity index (χ4v) is 1.17. The van der Waals surface area contributed by atoms with Crippen LogP contribution in [0.1, 0.15) is 25.5 Å². The highest BCUT2D eigenvalue weighted by Gasteiger charge is 2.00. The van der Waals surface area contributed by atoms with Gasteiger partial charge in [-0.3, -0.25) is 4.98 Å². The monoisotopic (exact) mass is 226 g/mol. The van der Waals surface area contributed by atoms with E-state index in [1.165, 1.54) is 0 Å². The Balaban J connectivity index is 2.75. The second-order valence-corrected chi connectivity index (χ2v) is 3.51. The van der Waals surface area contributed by atoms with Crippen LogP contribution in [0, 0.1) is 5.41 Å². The molecule has 1 rings (SSSR count). The van der Waals surface area contributed by atoms with E-state index in [1.807, 2.05) is 12.1 Å². The molecule has 0 aliphatic heterocycles. The van der Waals surface area contributed by atoms with Gasteiger partial charge in [-0.05, 0) is 34.5 Å². The predicted molar refractivity (Wildman–Crippen MR) is 53.7 cm³/mol. The van der Waals surface area contributed by atoms with Crippen molar-refractivity contribution in [2.45, 2.75) is 19.8 Å². The molecule has 64 valence electrons. The van der Waals surface area contributed by atoms with Gasteiger partial charge in [0.05, 0.1) is 11.4 Å². The molecule has 12 heavy (non-hydrogen) atoms. The first-order valence-corrected chi connectivity index (χ1v) is 4.72. The molecule has 0 aliphatic carbocycles. The molecule has 0 saturated carbocycles. The Labute approximate surface area is 80.7 Å². The Morgan fingerprint density at radius 2 is 2.33 bits per heavy atom. The molecule has 1 N–H and O–H groups in total. The molecule has 0 aromatic carbocycles. The largest absolute Gasteiger partial charge is 0.303 e. The summed E-state index contributed by atoms with van der Waals surface area (Å²) in [6.45, 7) is 2.06. The van der Waals surface area contributed by atoms with E-state index in [2.05, 4.69) is 27.8 Å². The smallest absolute Gasteiger partial charge is 0.0838 e. The number of halogens is 1. The van der Waals surface area contributed by atoms with Crippen molar-refractivity contribution in [2.75, 3.05) is 0 Å². The number of nitrogens with zero attached hydrogens (tertiary/aromatic N) is 1. The maximum atomic E-state index is 7.62. The van der Waals surface area contributed by atoms with Gasteiger partial charge in [-0.15, -0.1) is 0 Å². The molecule has 2 nitrogen and oxygen atoms in total. The SMILES string of the molecule is CCCC(=N)c1ccc(Br)cn1. The van der Waals surface area contributed by atoms with Gasteiger partial charge in [-0.2, -0.15) is 0 Å². The number of hydrogen-bond donors (Lipinski definition) is 1. The van der Waals surface area contributed by atoms with Crippen LogP contribution in [0.15, 0.2) is 22.8 Å². The van der Waals surface area contributed by atoms with E-state index < -0.39 is 0 Å². The van der Waals surface area contributed by atoms with Gasteiger partial charge in [-0.1, -0.05) is 13.3 Å². The standard InChI is InChI=1S/C9H11BrN2/c1-2-3-8(11)9-5-4-7(10)6-12-9/h4-6,11H,2-3H2,1H3. The van der Waals surface area contributed by atoms with Crippen molar-refractivity contribution in [3.05, 3.63) is 28.5 Å². The first kappa shape index (κ1) is 9.39. The summed E-state index contributed by atoms with van der Waals surface area (Å²) in [4.78, 5) is 4.13. The highest BCUT2D eigenvalue weighted by atomic mass is 79.9. The first-order valence-electron chi connectivity index (χ1n) is 3.93. The van der Waals surface area contributed by atoms with Gasteiger partial charge in [0, 0.05) is 10.7 Å². The van der Waals surface area contributed by atoms with Crippen molar-refractivity contribution in [1.29, 1.82) is 5.41 Å². The van der Waals surface area contributed by atoms with Crippen LogP contribution in [-0.4, -0.2) is 10.7 Å². The number of aromatic nitrogens is 1. The molecule has 0 amide bonds. The first-order chi connectivity index (χ1) is 5.74. The van der Waals surface area contributed by atoms with Crippen molar-refractivity contribution in [3.8, 4) is 0 Å². The van der Waals surface area contributed by atoms with E-state index in [0.717, 1.165) is 23.0 Å². The van der Waals surface area contributed by atoms with Crippen LogP contribution in [0.2, 0.25) is 0 Å². The summed E-state index contributed by atoms with van der Waals surface area (Å²) in [6, 6.07) is 3.77. The third kappa shape index (κ3) is 2.41. The molecule has 1 aromatic rings. The third-order valence-corrected chi connectivity index (χ3v) is 2.01.